The molecule has 2 rings (SSSR count). The predicted molar refractivity (Wildman–Crippen MR) is 55.1 cm³/mol. The average Bonchev–Trinajstić information content (AvgIpc) is 2.29. The highest BCUT2D eigenvalue weighted by Crippen LogP contribution is 2.42. The molecule has 1 aliphatic carbocycles. The molecule has 0 saturated carbocycles. The lowest BCUT2D eigenvalue weighted by atomic mass is 10.2. The Bertz CT molecular complexity index is 276. The van der Waals surface area contributed by atoms with Gasteiger partial charge in [-0.25, -0.2) is 0 Å². The molecule has 1 aliphatic heterocycles. The molecule has 0 aromatic heterocycles. The van der Waals surface area contributed by atoms with Gasteiger partial charge in [-0.05, 0) is 25.8 Å². The summed E-state index contributed by atoms with van der Waals surface area (Å²) in [7, 11) is 2.21. The highest BCUT2D eigenvalue weighted by Gasteiger charge is 2.25. The van der Waals surface area contributed by atoms with Crippen molar-refractivity contribution >= 4 is 11.8 Å². The molecule has 2 aliphatic rings. The standard InChI is InChI=1S/C10H15NS/c1-7-6-8(2)10-9(7)11(3)4-5-12-10/h4-6H2,1-3H3. The van der Waals surface area contributed by atoms with E-state index in [-0.39, 0.29) is 0 Å². The summed E-state index contributed by atoms with van der Waals surface area (Å²) < 4.78 is 0. The Morgan fingerprint density at radius 2 is 2.00 bits per heavy atom. The monoisotopic (exact) mass is 181 g/mol. The van der Waals surface area contributed by atoms with E-state index in [0.29, 0.717) is 0 Å². The molecule has 0 bridgehead atoms. The molecule has 0 aromatic rings. The van der Waals surface area contributed by atoms with Crippen molar-refractivity contribution in [2.24, 2.45) is 0 Å². The van der Waals surface area contributed by atoms with Crippen LogP contribution in [0.15, 0.2) is 21.7 Å². The fourth-order valence-corrected chi connectivity index (χ4v) is 3.40. The quantitative estimate of drug-likeness (QED) is 0.565. The lowest BCUT2D eigenvalue weighted by Gasteiger charge is -2.28. The van der Waals surface area contributed by atoms with E-state index in [4.69, 9.17) is 0 Å². The van der Waals surface area contributed by atoms with Gasteiger partial charge in [0.25, 0.3) is 0 Å². The molecule has 66 valence electrons. The normalized spacial score (nSPS) is 23.8. The number of rotatable bonds is 0. The first-order valence-corrected chi connectivity index (χ1v) is 5.42. The fourth-order valence-electron chi connectivity index (χ4n) is 2.04. The molecule has 1 saturated heterocycles. The molecular weight excluding hydrogens is 166 g/mol. The first-order chi connectivity index (χ1) is 5.70. The molecule has 0 spiro atoms. The summed E-state index contributed by atoms with van der Waals surface area (Å²) in [5.41, 5.74) is 4.64. The van der Waals surface area contributed by atoms with E-state index < -0.39 is 0 Å². The summed E-state index contributed by atoms with van der Waals surface area (Å²) in [5.74, 6) is 1.25. The third-order valence-electron chi connectivity index (χ3n) is 2.59. The van der Waals surface area contributed by atoms with Gasteiger partial charge in [0.05, 0.1) is 0 Å². The van der Waals surface area contributed by atoms with Crippen LogP contribution in [0.1, 0.15) is 20.3 Å². The molecular formula is C10H15NS. The molecule has 0 N–H and O–H groups in total. The minimum atomic E-state index is 1.20. The maximum Gasteiger partial charge on any atom is 0.0493 e. The van der Waals surface area contributed by atoms with Crippen molar-refractivity contribution in [3.8, 4) is 0 Å². The van der Waals surface area contributed by atoms with Gasteiger partial charge in [-0.1, -0.05) is 5.57 Å². The van der Waals surface area contributed by atoms with Crippen LogP contribution in [-0.4, -0.2) is 24.2 Å². The van der Waals surface area contributed by atoms with Crippen LogP contribution >= 0.6 is 11.8 Å². The van der Waals surface area contributed by atoms with Crippen LogP contribution in [0, 0.1) is 0 Å². The summed E-state index contributed by atoms with van der Waals surface area (Å²) in [6.45, 7) is 5.72. The second-order valence-electron chi connectivity index (χ2n) is 3.69. The van der Waals surface area contributed by atoms with Gasteiger partial charge in [-0.15, -0.1) is 11.8 Å². The highest BCUT2D eigenvalue weighted by molar-refractivity contribution is 8.03. The van der Waals surface area contributed by atoms with Gasteiger partial charge in [0.15, 0.2) is 0 Å². The molecule has 12 heavy (non-hydrogen) atoms. The number of likely N-dealkylation sites (N-methyl/N-ethyl adjacent to an activating group) is 1. The lowest BCUT2D eigenvalue weighted by molar-refractivity contribution is 0.449. The SMILES string of the molecule is CC1=C2SCCN(C)C2=C(C)C1. The van der Waals surface area contributed by atoms with Crippen LogP contribution in [0.5, 0.6) is 0 Å². The second-order valence-corrected chi connectivity index (χ2v) is 4.79. The first kappa shape index (κ1) is 8.24. The van der Waals surface area contributed by atoms with Gasteiger partial charge in [0.1, 0.15) is 0 Å². The van der Waals surface area contributed by atoms with Crippen molar-refractivity contribution in [1.29, 1.82) is 0 Å². The minimum absolute atomic E-state index is 1.20. The zero-order valence-corrected chi connectivity index (χ0v) is 8.79. The van der Waals surface area contributed by atoms with Crippen molar-refractivity contribution in [2.75, 3.05) is 19.3 Å². The largest absolute Gasteiger partial charge is 0.373 e. The molecule has 0 amide bonds. The Morgan fingerprint density at radius 3 is 2.67 bits per heavy atom. The van der Waals surface area contributed by atoms with E-state index in [2.05, 4.69) is 25.8 Å². The Kier molecular flexibility index (Phi) is 1.95. The van der Waals surface area contributed by atoms with Crippen LogP contribution in [0.25, 0.3) is 0 Å². The van der Waals surface area contributed by atoms with E-state index in [0.717, 1.165) is 0 Å². The molecule has 0 atom stereocenters. The fraction of sp³-hybridized carbons (Fsp3) is 0.600. The summed E-state index contributed by atoms with van der Waals surface area (Å²) in [6.07, 6.45) is 1.20. The predicted octanol–water partition coefficient (Wildman–Crippen LogP) is 2.62. The van der Waals surface area contributed by atoms with Gasteiger partial charge in [-0.3, -0.25) is 0 Å². The maximum absolute atomic E-state index is 2.40. The van der Waals surface area contributed by atoms with Crippen LogP contribution in [0.3, 0.4) is 0 Å². The van der Waals surface area contributed by atoms with Crippen molar-refractivity contribution in [3.05, 3.63) is 21.7 Å². The van der Waals surface area contributed by atoms with Crippen LogP contribution in [0.2, 0.25) is 0 Å². The summed E-state index contributed by atoms with van der Waals surface area (Å²) >= 11 is 2.03. The van der Waals surface area contributed by atoms with Crippen molar-refractivity contribution in [1.82, 2.24) is 4.90 Å². The number of allylic oxidation sites excluding steroid dienone is 2. The number of thioether (sulfide) groups is 1. The Morgan fingerprint density at radius 1 is 1.25 bits per heavy atom. The van der Waals surface area contributed by atoms with Crippen LogP contribution in [-0.2, 0) is 0 Å². The van der Waals surface area contributed by atoms with Crippen LogP contribution < -0.4 is 0 Å². The van der Waals surface area contributed by atoms with Gasteiger partial charge in [-0.2, -0.15) is 0 Å². The molecule has 1 nitrogen and oxygen atoms in total. The number of hydrogen-bond donors (Lipinski definition) is 0. The van der Waals surface area contributed by atoms with E-state index in [9.17, 15) is 0 Å². The highest BCUT2D eigenvalue weighted by atomic mass is 32.2. The summed E-state index contributed by atoms with van der Waals surface area (Å²) in [5, 5.41) is 0. The average molecular weight is 181 g/mol. The zero-order chi connectivity index (χ0) is 8.72. The summed E-state index contributed by atoms with van der Waals surface area (Å²) in [4.78, 5) is 3.96. The third kappa shape index (κ3) is 1.09. The number of nitrogens with zero attached hydrogens (tertiary/aromatic N) is 1. The Hall–Kier alpha value is -0.370. The van der Waals surface area contributed by atoms with E-state index in [1.54, 1.807) is 16.1 Å². The maximum atomic E-state index is 2.40. The first-order valence-electron chi connectivity index (χ1n) is 4.44. The second kappa shape index (κ2) is 2.84. The van der Waals surface area contributed by atoms with Crippen molar-refractivity contribution in [2.45, 2.75) is 20.3 Å². The molecule has 0 unspecified atom stereocenters. The van der Waals surface area contributed by atoms with Gasteiger partial charge < -0.3 is 4.90 Å². The molecule has 0 radical (unpaired) electrons. The minimum Gasteiger partial charge on any atom is -0.373 e. The molecule has 0 aromatic carbocycles. The number of fused-ring (bicyclic) bond motifs is 1. The van der Waals surface area contributed by atoms with Crippen molar-refractivity contribution < 1.29 is 0 Å². The summed E-state index contributed by atoms with van der Waals surface area (Å²) in [6, 6.07) is 0. The third-order valence-corrected chi connectivity index (χ3v) is 3.81. The van der Waals surface area contributed by atoms with Gasteiger partial charge >= 0.3 is 0 Å². The van der Waals surface area contributed by atoms with Crippen LogP contribution in [0.4, 0.5) is 0 Å². The van der Waals surface area contributed by atoms with Gasteiger partial charge in [0, 0.05) is 29.9 Å². The van der Waals surface area contributed by atoms with E-state index in [1.165, 1.54) is 24.4 Å². The molecule has 1 fully saturated rings. The van der Waals surface area contributed by atoms with Crippen molar-refractivity contribution in [3.63, 3.8) is 0 Å². The zero-order valence-electron chi connectivity index (χ0n) is 7.98. The smallest absolute Gasteiger partial charge is 0.0493 e. The Balaban J connectivity index is 2.40. The van der Waals surface area contributed by atoms with E-state index >= 15 is 0 Å². The topological polar surface area (TPSA) is 3.24 Å². The van der Waals surface area contributed by atoms with Gasteiger partial charge in [0.2, 0.25) is 0 Å². The lowest BCUT2D eigenvalue weighted by Crippen LogP contribution is -2.25. The molecule has 1 heterocycles. The molecule has 2 heteroatoms. The van der Waals surface area contributed by atoms with E-state index in [1.807, 2.05) is 11.8 Å². The number of hydrogen-bond acceptors (Lipinski definition) is 2. The Labute approximate surface area is 78.5 Å².